The summed E-state index contributed by atoms with van der Waals surface area (Å²) in [6, 6.07) is 5.38. The van der Waals surface area contributed by atoms with Crippen molar-refractivity contribution in [3.05, 3.63) is 41.0 Å². The van der Waals surface area contributed by atoms with E-state index in [4.69, 9.17) is 17.3 Å². The van der Waals surface area contributed by atoms with Crippen molar-refractivity contribution in [2.24, 2.45) is 5.73 Å². The van der Waals surface area contributed by atoms with Crippen LogP contribution in [-0.2, 0) is 0 Å². The Kier molecular flexibility index (Phi) is 3.03. The Morgan fingerprint density at radius 2 is 2.00 bits per heavy atom. The molecular formula is C11H9ClF2N2. The van der Waals surface area contributed by atoms with Gasteiger partial charge in [0.05, 0.1) is 11.6 Å². The van der Waals surface area contributed by atoms with Crippen LogP contribution in [0.1, 0.15) is 11.6 Å². The van der Waals surface area contributed by atoms with Gasteiger partial charge in [-0.2, -0.15) is 0 Å². The maximum absolute atomic E-state index is 12.6. The van der Waals surface area contributed by atoms with Crippen LogP contribution in [-0.4, -0.2) is 11.4 Å². The monoisotopic (exact) mass is 242 g/mol. The van der Waals surface area contributed by atoms with Gasteiger partial charge in [-0.15, -0.1) is 0 Å². The highest BCUT2D eigenvalue weighted by molar-refractivity contribution is 6.32. The summed E-state index contributed by atoms with van der Waals surface area (Å²) in [6.45, 7) is 0. The van der Waals surface area contributed by atoms with E-state index in [9.17, 15) is 8.78 Å². The number of aromatic nitrogens is 1. The highest BCUT2D eigenvalue weighted by Gasteiger charge is 2.23. The Morgan fingerprint density at radius 3 is 2.69 bits per heavy atom. The number of hydrogen-bond donors (Lipinski definition) is 1. The van der Waals surface area contributed by atoms with Crippen LogP contribution in [0.15, 0.2) is 30.5 Å². The predicted molar refractivity (Wildman–Crippen MR) is 59.7 cm³/mol. The first-order valence-electron chi connectivity index (χ1n) is 4.68. The second-order valence-electron chi connectivity index (χ2n) is 3.40. The molecule has 2 aromatic rings. The van der Waals surface area contributed by atoms with Crippen molar-refractivity contribution < 1.29 is 8.78 Å². The maximum atomic E-state index is 12.6. The van der Waals surface area contributed by atoms with Crippen molar-refractivity contribution in [3.8, 4) is 0 Å². The van der Waals surface area contributed by atoms with E-state index in [-0.39, 0.29) is 10.6 Å². The van der Waals surface area contributed by atoms with E-state index in [1.54, 1.807) is 24.3 Å². The summed E-state index contributed by atoms with van der Waals surface area (Å²) in [4.78, 5) is 4.05. The fourth-order valence-electron chi connectivity index (χ4n) is 1.59. The van der Waals surface area contributed by atoms with E-state index in [0.717, 1.165) is 5.39 Å². The van der Waals surface area contributed by atoms with Crippen LogP contribution < -0.4 is 5.73 Å². The summed E-state index contributed by atoms with van der Waals surface area (Å²) < 4.78 is 25.2. The van der Waals surface area contributed by atoms with Gasteiger partial charge in [0.15, 0.2) is 0 Å². The third kappa shape index (κ3) is 1.86. The van der Waals surface area contributed by atoms with Gasteiger partial charge in [0.2, 0.25) is 0 Å². The first-order valence-corrected chi connectivity index (χ1v) is 5.06. The number of nitrogens with zero attached hydrogens (tertiary/aromatic N) is 1. The van der Waals surface area contributed by atoms with E-state index in [2.05, 4.69) is 4.98 Å². The zero-order chi connectivity index (χ0) is 11.7. The molecule has 2 rings (SSSR count). The zero-order valence-electron chi connectivity index (χ0n) is 8.20. The van der Waals surface area contributed by atoms with Gasteiger partial charge in [-0.25, -0.2) is 8.78 Å². The van der Waals surface area contributed by atoms with Crippen molar-refractivity contribution in [1.29, 1.82) is 0 Å². The average molecular weight is 243 g/mol. The van der Waals surface area contributed by atoms with Gasteiger partial charge in [-0.05, 0) is 12.1 Å². The second kappa shape index (κ2) is 4.31. The zero-order valence-corrected chi connectivity index (χ0v) is 8.96. The molecule has 1 aromatic heterocycles. The minimum atomic E-state index is -2.66. The lowest BCUT2D eigenvalue weighted by Crippen LogP contribution is -2.20. The molecule has 0 amide bonds. The van der Waals surface area contributed by atoms with Crippen molar-refractivity contribution in [2.45, 2.75) is 12.5 Å². The molecule has 1 aromatic carbocycles. The van der Waals surface area contributed by atoms with Crippen LogP contribution in [0.3, 0.4) is 0 Å². The topological polar surface area (TPSA) is 38.9 Å². The fraction of sp³-hybridized carbons (Fsp3) is 0.182. The highest BCUT2D eigenvalue weighted by atomic mass is 35.5. The molecule has 2 N–H and O–H groups in total. The number of hydrogen-bond acceptors (Lipinski definition) is 2. The molecule has 0 saturated heterocycles. The summed E-state index contributed by atoms with van der Waals surface area (Å²) in [5, 5.41) is 0.969. The highest BCUT2D eigenvalue weighted by Crippen LogP contribution is 2.31. The molecule has 0 fully saturated rings. The van der Waals surface area contributed by atoms with Crippen LogP contribution in [0.2, 0.25) is 5.02 Å². The van der Waals surface area contributed by atoms with Gasteiger partial charge >= 0.3 is 0 Å². The molecule has 5 heteroatoms. The van der Waals surface area contributed by atoms with E-state index in [1.807, 2.05) is 0 Å². The minimum absolute atomic E-state index is 0.203. The lowest BCUT2D eigenvalue weighted by Gasteiger charge is -2.14. The lowest BCUT2D eigenvalue weighted by atomic mass is 10.0. The first kappa shape index (κ1) is 11.2. The summed E-state index contributed by atoms with van der Waals surface area (Å²) in [6.07, 6.45) is -1.13. The molecule has 0 aliphatic carbocycles. The molecule has 0 radical (unpaired) electrons. The largest absolute Gasteiger partial charge is 0.319 e. The normalized spacial score (nSPS) is 13.3. The summed E-state index contributed by atoms with van der Waals surface area (Å²) >= 11 is 5.89. The molecule has 2 nitrogen and oxygen atoms in total. The Morgan fingerprint density at radius 1 is 1.25 bits per heavy atom. The number of pyridine rings is 1. The Balaban J connectivity index is 2.70. The van der Waals surface area contributed by atoms with Crippen molar-refractivity contribution >= 4 is 22.5 Å². The summed E-state index contributed by atoms with van der Waals surface area (Å²) in [5.74, 6) is 0. The average Bonchev–Trinajstić information content (AvgIpc) is 2.28. The standard InChI is InChI=1S/C11H9ClF2N2/c12-7-4-3-6-2-1-5-16-10(6)8(7)9(15)11(13)14/h1-5,9,11H,15H2. The van der Waals surface area contributed by atoms with Crippen LogP contribution in [0.4, 0.5) is 8.78 Å². The van der Waals surface area contributed by atoms with Gasteiger partial charge in [0.25, 0.3) is 6.43 Å². The Bertz CT molecular complexity index is 516. The van der Waals surface area contributed by atoms with Crippen LogP contribution >= 0.6 is 11.6 Å². The molecule has 0 aliphatic heterocycles. The third-order valence-corrected chi connectivity index (χ3v) is 2.69. The number of rotatable bonds is 2. The molecule has 1 heterocycles. The smallest absolute Gasteiger partial charge is 0.257 e. The molecule has 84 valence electrons. The SMILES string of the molecule is NC(c1c(Cl)ccc2cccnc12)C(F)F. The number of benzene rings is 1. The van der Waals surface area contributed by atoms with Gasteiger partial charge in [-0.1, -0.05) is 23.7 Å². The molecule has 16 heavy (non-hydrogen) atoms. The number of halogens is 3. The predicted octanol–water partition coefficient (Wildman–Crippen LogP) is 3.15. The maximum Gasteiger partial charge on any atom is 0.257 e. The van der Waals surface area contributed by atoms with Crippen LogP contribution in [0.5, 0.6) is 0 Å². The van der Waals surface area contributed by atoms with E-state index >= 15 is 0 Å². The molecule has 0 saturated carbocycles. The van der Waals surface area contributed by atoms with Gasteiger partial charge < -0.3 is 5.73 Å². The van der Waals surface area contributed by atoms with E-state index in [0.29, 0.717) is 5.52 Å². The molecule has 1 unspecified atom stereocenters. The molecule has 0 aliphatic rings. The molecular weight excluding hydrogens is 234 g/mol. The van der Waals surface area contributed by atoms with Crippen molar-refractivity contribution in [3.63, 3.8) is 0 Å². The van der Waals surface area contributed by atoms with E-state index < -0.39 is 12.5 Å². The van der Waals surface area contributed by atoms with Crippen molar-refractivity contribution in [1.82, 2.24) is 4.98 Å². The lowest BCUT2D eigenvalue weighted by molar-refractivity contribution is 0.117. The van der Waals surface area contributed by atoms with Crippen LogP contribution in [0.25, 0.3) is 10.9 Å². The van der Waals surface area contributed by atoms with Gasteiger partial charge in [0, 0.05) is 22.2 Å². The van der Waals surface area contributed by atoms with E-state index in [1.165, 1.54) is 6.20 Å². The molecule has 0 spiro atoms. The molecule has 1 atom stereocenters. The number of alkyl halides is 2. The number of nitrogens with two attached hydrogens (primary N) is 1. The quantitative estimate of drug-likeness (QED) is 0.879. The first-order chi connectivity index (χ1) is 7.61. The van der Waals surface area contributed by atoms with Crippen molar-refractivity contribution in [2.75, 3.05) is 0 Å². The Labute approximate surface area is 96.0 Å². The molecule has 0 bridgehead atoms. The van der Waals surface area contributed by atoms with Gasteiger partial charge in [-0.3, -0.25) is 4.98 Å². The second-order valence-corrected chi connectivity index (χ2v) is 3.80. The summed E-state index contributed by atoms with van der Waals surface area (Å²) in [7, 11) is 0. The summed E-state index contributed by atoms with van der Waals surface area (Å²) in [5.41, 5.74) is 6.07. The Hall–Kier alpha value is -1.26. The van der Waals surface area contributed by atoms with Crippen LogP contribution in [0, 0.1) is 0 Å². The number of fused-ring (bicyclic) bond motifs is 1. The van der Waals surface area contributed by atoms with Gasteiger partial charge in [0.1, 0.15) is 0 Å². The minimum Gasteiger partial charge on any atom is -0.319 e. The fourth-order valence-corrected chi connectivity index (χ4v) is 1.86. The third-order valence-electron chi connectivity index (χ3n) is 2.37.